The number of phenolic OH excluding ortho intramolecular Hbond substituents is 1. The topological polar surface area (TPSA) is 123 Å². The van der Waals surface area contributed by atoms with Crippen LogP contribution >= 0.6 is 0 Å². The van der Waals surface area contributed by atoms with E-state index < -0.39 is 15.9 Å². The monoisotopic (exact) mass is 486 g/mol. The van der Waals surface area contributed by atoms with E-state index in [2.05, 4.69) is 10.0 Å². The van der Waals surface area contributed by atoms with Gasteiger partial charge in [-0.3, -0.25) is 9.52 Å². The number of methoxy groups -OCH3 is 3. The van der Waals surface area contributed by atoms with Crippen LogP contribution in [0.1, 0.15) is 12.0 Å². The maximum absolute atomic E-state index is 12.9. The molecule has 0 aliphatic heterocycles. The second-order valence-corrected chi connectivity index (χ2v) is 8.94. The Morgan fingerprint density at radius 3 is 2.21 bits per heavy atom. The van der Waals surface area contributed by atoms with Crippen molar-refractivity contribution in [2.45, 2.75) is 17.7 Å². The van der Waals surface area contributed by atoms with Crippen molar-refractivity contribution in [2.75, 3.05) is 31.4 Å². The lowest BCUT2D eigenvalue weighted by Gasteiger charge is -2.13. The van der Waals surface area contributed by atoms with Gasteiger partial charge in [0.1, 0.15) is 23.0 Å². The van der Waals surface area contributed by atoms with E-state index in [0.717, 1.165) is 5.56 Å². The van der Waals surface area contributed by atoms with E-state index in [1.54, 1.807) is 42.5 Å². The van der Waals surface area contributed by atoms with E-state index in [1.807, 2.05) is 0 Å². The van der Waals surface area contributed by atoms with Crippen LogP contribution in [0, 0.1) is 0 Å². The molecule has 0 heterocycles. The van der Waals surface area contributed by atoms with Crippen LogP contribution < -0.4 is 24.2 Å². The normalized spacial score (nSPS) is 10.9. The van der Waals surface area contributed by atoms with Gasteiger partial charge in [-0.25, -0.2) is 8.42 Å². The maximum Gasteiger partial charge on any atom is 0.262 e. The third-order valence-electron chi connectivity index (χ3n) is 4.96. The summed E-state index contributed by atoms with van der Waals surface area (Å²) in [7, 11) is 0.501. The van der Waals surface area contributed by atoms with Crippen LogP contribution in [-0.4, -0.2) is 40.8 Å². The van der Waals surface area contributed by atoms with Crippen molar-refractivity contribution in [3.63, 3.8) is 0 Å². The molecule has 1 amide bonds. The molecule has 34 heavy (non-hydrogen) atoms. The molecule has 0 saturated heterocycles. The molecular weight excluding hydrogens is 460 g/mol. The Balaban J connectivity index is 1.73. The third kappa shape index (κ3) is 6.10. The molecule has 3 aromatic rings. The molecule has 3 N–H and O–H groups in total. The van der Waals surface area contributed by atoms with E-state index in [-0.39, 0.29) is 28.4 Å². The fourth-order valence-electron chi connectivity index (χ4n) is 3.20. The molecule has 0 bridgehead atoms. The second-order valence-electron chi connectivity index (χ2n) is 7.25. The molecule has 9 nitrogen and oxygen atoms in total. The Kier molecular flexibility index (Phi) is 7.85. The first-order chi connectivity index (χ1) is 16.2. The van der Waals surface area contributed by atoms with E-state index in [0.29, 0.717) is 23.7 Å². The molecule has 10 heteroatoms. The molecule has 0 aliphatic carbocycles. The number of phenols is 1. The van der Waals surface area contributed by atoms with Crippen molar-refractivity contribution < 1.29 is 32.5 Å². The molecule has 0 spiro atoms. The van der Waals surface area contributed by atoms with Gasteiger partial charge in [-0.1, -0.05) is 12.1 Å². The summed E-state index contributed by atoms with van der Waals surface area (Å²) in [5.74, 6) is 0.908. The van der Waals surface area contributed by atoms with Gasteiger partial charge < -0.3 is 24.6 Å². The molecule has 0 fully saturated rings. The van der Waals surface area contributed by atoms with E-state index in [9.17, 15) is 18.3 Å². The average Bonchev–Trinajstić information content (AvgIpc) is 2.83. The number of rotatable bonds is 10. The Hall–Kier alpha value is -3.92. The van der Waals surface area contributed by atoms with Crippen molar-refractivity contribution >= 4 is 27.3 Å². The largest absolute Gasteiger partial charge is 0.506 e. The van der Waals surface area contributed by atoms with Crippen LogP contribution in [0.5, 0.6) is 23.0 Å². The summed E-state index contributed by atoms with van der Waals surface area (Å²) in [6.45, 7) is 0. The van der Waals surface area contributed by atoms with Gasteiger partial charge >= 0.3 is 0 Å². The number of sulfonamides is 1. The van der Waals surface area contributed by atoms with Crippen LogP contribution in [0.15, 0.2) is 65.6 Å². The predicted molar refractivity (Wildman–Crippen MR) is 128 cm³/mol. The van der Waals surface area contributed by atoms with Gasteiger partial charge in [-0.2, -0.15) is 0 Å². The van der Waals surface area contributed by atoms with Crippen molar-refractivity contribution in [3.05, 3.63) is 66.2 Å². The highest BCUT2D eigenvalue weighted by atomic mass is 32.2. The summed E-state index contributed by atoms with van der Waals surface area (Å²) in [5.41, 5.74) is 1.07. The lowest BCUT2D eigenvalue weighted by atomic mass is 10.1. The summed E-state index contributed by atoms with van der Waals surface area (Å²) < 4.78 is 43.8. The minimum Gasteiger partial charge on any atom is -0.506 e. The molecular formula is C24H26N2O7S. The van der Waals surface area contributed by atoms with Gasteiger partial charge in [0.25, 0.3) is 10.0 Å². The smallest absolute Gasteiger partial charge is 0.262 e. The van der Waals surface area contributed by atoms with Crippen LogP contribution in [0.4, 0.5) is 11.4 Å². The number of carbonyl (C=O) groups is 1. The number of benzene rings is 3. The quantitative estimate of drug-likeness (QED) is 0.373. The number of hydrogen-bond donors (Lipinski definition) is 3. The molecule has 180 valence electrons. The molecule has 3 aromatic carbocycles. The first-order valence-corrected chi connectivity index (χ1v) is 11.7. The predicted octanol–water partition coefficient (Wildman–Crippen LogP) is 3.79. The van der Waals surface area contributed by atoms with Crippen molar-refractivity contribution in [1.29, 1.82) is 0 Å². The number of amides is 1. The number of aromatic hydroxyl groups is 1. The SMILES string of the molecule is COc1cc(CCC(=O)Nc2cc(S(=O)(=O)Nc3ccccc3OC)ccc2O)cc(OC)c1. The lowest BCUT2D eigenvalue weighted by Crippen LogP contribution is -2.16. The molecule has 0 atom stereocenters. The van der Waals surface area contributed by atoms with Gasteiger partial charge in [-0.15, -0.1) is 0 Å². The van der Waals surface area contributed by atoms with Crippen molar-refractivity contribution in [1.82, 2.24) is 0 Å². The van der Waals surface area contributed by atoms with E-state index >= 15 is 0 Å². The minimum absolute atomic E-state index is 0.0175. The summed E-state index contributed by atoms with van der Waals surface area (Å²) in [5, 5.41) is 12.7. The maximum atomic E-state index is 12.9. The fourth-order valence-corrected chi connectivity index (χ4v) is 4.29. The number of hydrogen-bond acceptors (Lipinski definition) is 7. The average molecular weight is 487 g/mol. The lowest BCUT2D eigenvalue weighted by molar-refractivity contribution is -0.116. The highest BCUT2D eigenvalue weighted by molar-refractivity contribution is 7.92. The Morgan fingerprint density at radius 1 is 0.882 bits per heavy atom. The number of aryl methyl sites for hydroxylation is 1. The number of anilines is 2. The molecule has 0 unspecified atom stereocenters. The Labute approximate surface area is 198 Å². The number of nitrogens with one attached hydrogen (secondary N) is 2. The number of carbonyl (C=O) groups excluding carboxylic acids is 1. The van der Waals surface area contributed by atoms with Crippen molar-refractivity contribution in [3.8, 4) is 23.0 Å². The molecule has 0 aromatic heterocycles. The van der Waals surface area contributed by atoms with Crippen molar-refractivity contribution in [2.24, 2.45) is 0 Å². The van der Waals surface area contributed by atoms with Gasteiger partial charge in [0, 0.05) is 12.5 Å². The molecule has 0 radical (unpaired) electrons. The summed E-state index contributed by atoms with van der Waals surface area (Å²) in [4.78, 5) is 12.4. The first-order valence-electron chi connectivity index (χ1n) is 10.3. The highest BCUT2D eigenvalue weighted by Gasteiger charge is 2.19. The summed E-state index contributed by atoms with van der Waals surface area (Å²) >= 11 is 0. The van der Waals surface area contributed by atoms with Crippen LogP contribution in [0.2, 0.25) is 0 Å². The zero-order valence-electron chi connectivity index (χ0n) is 19.0. The fraction of sp³-hybridized carbons (Fsp3) is 0.208. The Bertz CT molecular complexity index is 1250. The minimum atomic E-state index is -4.01. The third-order valence-corrected chi connectivity index (χ3v) is 6.32. The van der Waals surface area contributed by atoms with E-state index in [1.165, 1.54) is 39.5 Å². The zero-order chi connectivity index (χ0) is 24.7. The number of para-hydroxylation sites is 2. The standard InChI is InChI=1S/C24H26N2O7S/c1-31-17-12-16(13-18(14-17)32-2)8-11-24(28)25-21-15-19(9-10-22(21)27)34(29,30)26-20-6-4-5-7-23(20)33-3/h4-7,9-10,12-15,26-27H,8,11H2,1-3H3,(H,25,28). The number of ether oxygens (including phenoxy) is 3. The van der Waals surface area contributed by atoms with E-state index in [4.69, 9.17) is 14.2 Å². The van der Waals surface area contributed by atoms with Gasteiger partial charge in [0.05, 0.1) is 37.6 Å². The zero-order valence-corrected chi connectivity index (χ0v) is 19.8. The van der Waals surface area contributed by atoms with Gasteiger partial charge in [0.2, 0.25) is 5.91 Å². The van der Waals surface area contributed by atoms with Gasteiger partial charge in [-0.05, 0) is 54.4 Å². The summed E-state index contributed by atoms with van der Waals surface area (Å²) in [6, 6.07) is 15.5. The molecule has 0 aliphatic rings. The van der Waals surface area contributed by atoms with Crippen LogP contribution in [0.25, 0.3) is 0 Å². The first kappa shape index (κ1) is 24.7. The molecule has 0 saturated carbocycles. The highest BCUT2D eigenvalue weighted by Crippen LogP contribution is 2.30. The van der Waals surface area contributed by atoms with Crippen LogP contribution in [-0.2, 0) is 21.2 Å². The molecule has 3 rings (SSSR count). The summed E-state index contributed by atoms with van der Waals surface area (Å²) in [6.07, 6.45) is 0.472. The van der Waals surface area contributed by atoms with Gasteiger partial charge in [0.15, 0.2) is 0 Å². The Morgan fingerprint density at radius 2 is 1.56 bits per heavy atom. The van der Waals surface area contributed by atoms with Crippen LogP contribution in [0.3, 0.4) is 0 Å². The second kappa shape index (κ2) is 10.8.